The van der Waals surface area contributed by atoms with Gasteiger partial charge in [0.1, 0.15) is 5.75 Å². The molecule has 4 nitrogen and oxygen atoms in total. The van der Waals surface area contributed by atoms with E-state index in [1.807, 2.05) is 19.1 Å². The number of amides is 1. The second kappa shape index (κ2) is 6.57. The van der Waals surface area contributed by atoms with Crippen LogP contribution in [0, 0.1) is 0 Å². The van der Waals surface area contributed by atoms with Crippen LogP contribution in [-0.4, -0.2) is 37.0 Å². The Hall–Kier alpha value is -1.55. The van der Waals surface area contributed by atoms with Crippen molar-refractivity contribution >= 4 is 5.91 Å². The van der Waals surface area contributed by atoms with E-state index >= 15 is 0 Å². The van der Waals surface area contributed by atoms with E-state index in [0.717, 1.165) is 12.3 Å². The van der Waals surface area contributed by atoms with E-state index in [9.17, 15) is 4.79 Å². The normalized spacial score (nSPS) is 14.5. The number of hydrogen-bond donors (Lipinski definition) is 1. The summed E-state index contributed by atoms with van der Waals surface area (Å²) in [7, 11) is 1.67. The molecule has 104 valence electrons. The van der Waals surface area contributed by atoms with Crippen molar-refractivity contribution in [3.8, 4) is 5.75 Å². The van der Waals surface area contributed by atoms with Crippen molar-refractivity contribution in [2.75, 3.05) is 20.2 Å². The lowest BCUT2D eigenvalue weighted by Gasteiger charge is -2.21. The number of carbonyl (C=O) groups excluding carboxylic acids is 1. The fraction of sp³-hybridized carbons (Fsp3) is 0.533. The summed E-state index contributed by atoms with van der Waals surface area (Å²) >= 11 is 0. The lowest BCUT2D eigenvalue weighted by Crippen LogP contribution is -2.38. The van der Waals surface area contributed by atoms with Crippen molar-refractivity contribution in [2.45, 2.75) is 32.4 Å². The number of likely N-dealkylation sites (N-methyl/N-ethyl adjacent to an activating group) is 1. The van der Waals surface area contributed by atoms with Crippen molar-refractivity contribution in [2.24, 2.45) is 0 Å². The smallest absolute Gasteiger partial charge is 0.234 e. The van der Waals surface area contributed by atoms with E-state index in [2.05, 4.69) is 22.3 Å². The Bertz CT molecular complexity index is 413. The molecule has 1 N–H and O–H groups in total. The Kier molecular flexibility index (Phi) is 4.80. The zero-order valence-electron chi connectivity index (χ0n) is 11.7. The second-order valence-corrected chi connectivity index (χ2v) is 4.94. The SMILES string of the molecule is CCNC(=O)CN(Cc1ccc(OC)cc1)C1CC1. The van der Waals surface area contributed by atoms with Gasteiger partial charge in [-0.25, -0.2) is 0 Å². The minimum Gasteiger partial charge on any atom is -0.497 e. The first-order valence-corrected chi connectivity index (χ1v) is 6.86. The lowest BCUT2D eigenvalue weighted by atomic mass is 10.2. The van der Waals surface area contributed by atoms with Crippen molar-refractivity contribution in [1.29, 1.82) is 0 Å². The molecule has 4 heteroatoms. The maximum atomic E-state index is 11.7. The van der Waals surface area contributed by atoms with Crippen LogP contribution in [0.3, 0.4) is 0 Å². The molecule has 1 aromatic carbocycles. The Morgan fingerprint density at radius 2 is 2.05 bits per heavy atom. The van der Waals surface area contributed by atoms with Crippen LogP contribution in [0.5, 0.6) is 5.75 Å². The molecule has 0 bridgehead atoms. The van der Waals surface area contributed by atoms with Crippen molar-refractivity contribution in [3.05, 3.63) is 29.8 Å². The summed E-state index contributed by atoms with van der Waals surface area (Å²) in [6.07, 6.45) is 2.41. The van der Waals surface area contributed by atoms with E-state index in [-0.39, 0.29) is 5.91 Å². The topological polar surface area (TPSA) is 41.6 Å². The molecule has 1 saturated carbocycles. The predicted octanol–water partition coefficient (Wildman–Crippen LogP) is 1.80. The van der Waals surface area contributed by atoms with Crippen LogP contribution in [0.15, 0.2) is 24.3 Å². The molecule has 1 aromatic rings. The summed E-state index contributed by atoms with van der Waals surface area (Å²) in [6, 6.07) is 8.63. The molecule has 0 unspecified atom stereocenters. The summed E-state index contributed by atoms with van der Waals surface area (Å²) in [4.78, 5) is 14.0. The molecule has 0 aromatic heterocycles. The third-order valence-corrected chi connectivity index (χ3v) is 3.33. The number of nitrogens with zero attached hydrogens (tertiary/aromatic N) is 1. The molecule has 0 atom stereocenters. The standard InChI is InChI=1S/C15H22N2O2/c1-3-16-15(18)11-17(13-6-7-13)10-12-4-8-14(19-2)9-5-12/h4-5,8-9,13H,3,6-7,10-11H2,1-2H3,(H,16,18). The van der Waals surface area contributed by atoms with Gasteiger partial charge in [-0.1, -0.05) is 12.1 Å². The number of hydrogen-bond acceptors (Lipinski definition) is 3. The highest BCUT2D eigenvalue weighted by Gasteiger charge is 2.30. The van der Waals surface area contributed by atoms with Crippen LogP contribution in [0.25, 0.3) is 0 Å². The average molecular weight is 262 g/mol. The third-order valence-electron chi connectivity index (χ3n) is 3.33. The van der Waals surface area contributed by atoms with Crippen LogP contribution in [0.2, 0.25) is 0 Å². The Balaban J connectivity index is 1.93. The van der Waals surface area contributed by atoms with Gasteiger partial charge in [-0.3, -0.25) is 9.69 Å². The molecule has 1 aliphatic rings. The van der Waals surface area contributed by atoms with Gasteiger partial charge in [0, 0.05) is 19.1 Å². The van der Waals surface area contributed by atoms with E-state index in [0.29, 0.717) is 19.1 Å². The van der Waals surface area contributed by atoms with Gasteiger partial charge in [-0.2, -0.15) is 0 Å². The molecule has 0 heterocycles. The van der Waals surface area contributed by atoms with Gasteiger partial charge in [-0.15, -0.1) is 0 Å². The first-order valence-electron chi connectivity index (χ1n) is 6.86. The maximum Gasteiger partial charge on any atom is 0.234 e. The molecule has 0 aliphatic heterocycles. The van der Waals surface area contributed by atoms with Gasteiger partial charge in [0.25, 0.3) is 0 Å². The number of rotatable bonds is 7. The van der Waals surface area contributed by atoms with Gasteiger partial charge >= 0.3 is 0 Å². The van der Waals surface area contributed by atoms with Crippen LogP contribution < -0.4 is 10.1 Å². The summed E-state index contributed by atoms with van der Waals surface area (Å²) in [5.74, 6) is 0.980. The third kappa shape index (κ3) is 4.24. The van der Waals surface area contributed by atoms with Crippen molar-refractivity contribution in [3.63, 3.8) is 0 Å². The molecule has 1 amide bonds. The van der Waals surface area contributed by atoms with E-state index in [1.165, 1.54) is 18.4 Å². The number of ether oxygens (including phenoxy) is 1. The first kappa shape index (κ1) is 13.9. The fourth-order valence-electron chi connectivity index (χ4n) is 2.16. The lowest BCUT2D eigenvalue weighted by molar-refractivity contribution is -0.122. The largest absolute Gasteiger partial charge is 0.497 e. The first-order chi connectivity index (χ1) is 9.22. The van der Waals surface area contributed by atoms with Crippen LogP contribution in [-0.2, 0) is 11.3 Å². The molecule has 1 fully saturated rings. The van der Waals surface area contributed by atoms with Gasteiger partial charge < -0.3 is 10.1 Å². The molecule has 0 spiro atoms. The van der Waals surface area contributed by atoms with Crippen LogP contribution in [0.4, 0.5) is 0 Å². The highest BCUT2D eigenvalue weighted by atomic mass is 16.5. The number of nitrogens with one attached hydrogen (secondary N) is 1. The molecule has 19 heavy (non-hydrogen) atoms. The van der Waals surface area contributed by atoms with E-state index < -0.39 is 0 Å². The quantitative estimate of drug-likeness (QED) is 0.814. The molecular weight excluding hydrogens is 240 g/mol. The monoisotopic (exact) mass is 262 g/mol. The van der Waals surface area contributed by atoms with E-state index in [1.54, 1.807) is 7.11 Å². The fourth-order valence-corrected chi connectivity index (χ4v) is 2.16. The number of benzene rings is 1. The average Bonchev–Trinajstić information content (AvgIpc) is 3.23. The summed E-state index contributed by atoms with van der Waals surface area (Å²) < 4.78 is 5.15. The van der Waals surface area contributed by atoms with Gasteiger partial charge in [-0.05, 0) is 37.5 Å². The zero-order valence-corrected chi connectivity index (χ0v) is 11.7. The minimum atomic E-state index is 0.114. The molecule has 2 rings (SSSR count). The second-order valence-electron chi connectivity index (χ2n) is 4.94. The zero-order chi connectivity index (χ0) is 13.7. The summed E-state index contributed by atoms with van der Waals surface area (Å²) in [5, 5.41) is 2.86. The summed E-state index contributed by atoms with van der Waals surface area (Å²) in [6.45, 7) is 3.96. The predicted molar refractivity (Wildman–Crippen MR) is 75.1 cm³/mol. The van der Waals surface area contributed by atoms with Crippen LogP contribution in [0.1, 0.15) is 25.3 Å². The van der Waals surface area contributed by atoms with Crippen LogP contribution >= 0.6 is 0 Å². The van der Waals surface area contributed by atoms with Crippen molar-refractivity contribution < 1.29 is 9.53 Å². The number of methoxy groups -OCH3 is 1. The highest BCUT2D eigenvalue weighted by molar-refractivity contribution is 5.78. The molecule has 1 aliphatic carbocycles. The van der Waals surface area contributed by atoms with Gasteiger partial charge in [0.05, 0.1) is 13.7 Å². The Morgan fingerprint density at radius 1 is 1.37 bits per heavy atom. The minimum absolute atomic E-state index is 0.114. The maximum absolute atomic E-state index is 11.7. The summed E-state index contributed by atoms with van der Waals surface area (Å²) in [5.41, 5.74) is 1.22. The number of carbonyl (C=O) groups is 1. The van der Waals surface area contributed by atoms with Gasteiger partial charge in [0.2, 0.25) is 5.91 Å². The van der Waals surface area contributed by atoms with E-state index in [4.69, 9.17) is 4.74 Å². The molecular formula is C15H22N2O2. The van der Waals surface area contributed by atoms with Crippen molar-refractivity contribution in [1.82, 2.24) is 10.2 Å². The van der Waals surface area contributed by atoms with Gasteiger partial charge in [0.15, 0.2) is 0 Å². The Labute approximate surface area is 114 Å². The molecule has 0 saturated heterocycles. The Morgan fingerprint density at radius 3 is 2.58 bits per heavy atom. The molecule has 0 radical (unpaired) electrons. The highest BCUT2D eigenvalue weighted by Crippen LogP contribution is 2.28.